The molecule has 5 rings (SSSR count). The summed E-state index contributed by atoms with van der Waals surface area (Å²) in [5.74, 6) is -0.290. The van der Waals surface area contributed by atoms with Crippen molar-refractivity contribution in [1.29, 1.82) is 0 Å². The highest BCUT2D eigenvalue weighted by atomic mass is 127. The van der Waals surface area contributed by atoms with Gasteiger partial charge in [-0.25, -0.2) is 4.79 Å². The number of benzene rings is 3. The van der Waals surface area contributed by atoms with E-state index >= 15 is 0 Å². The summed E-state index contributed by atoms with van der Waals surface area (Å²) < 4.78 is 13.9. The zero-order valence-corrected chi connectivity index (χ0v) is 17.8. The molecule has 27 heavy (non-hydrogen) atoms. The molecule has 2 aliphatic heterocycles. The third-order valence-corrected chi connectivity index (χ3v) is 6.58. The molecule has 0 bridgehead atoms. The van der Waals surface area contributed by atoms with Crippen molar-refractivity contribution in [3.63, 3.8) is 0 Å². The van der Waals surface area contributed by atoms with Crippen molar-refractivity contribution in [1.82, 2.24) is 0 Å². The normalized spacial score (nSPS) is 15.6. The Hall–Kier alpha value is -2.01. The second-order valence-corrected chi connectivity index (χ2v) is 8.59. The number of para-hydroxylation sites is 2. The van der Waals surface area contributed by atoms with Crippen LogP contribution in [-0.2, 0) is 10.3 Å². The van der Waals surface area contributed by atoms with Gasteiger partial charge in [-0.2, -0.15) is 0 Å². The Morgan fingerprint density at radius 1 is 0.815 bits per heavy atom. The third-order valence-electron chi connectivity index (χ3n) is 4.88. The number of carbonyl (C=O) groups excluding carboxylic acids is 1. The molecule has 3 aromatic carbocycles. The summed E-state index contributed by atoms with van der Waals surface area (Å²) in [6.45, 7) is 0. The smallest absolute Gasteiger partial charge is 0.344 e. The van der Waals surface area contributed by atoms with E-state index in [9.17, 15) is 15.0 Å². The fraction of sp³-hybridized carbons (Fsp3) is 0.0500. The van der Waals surface area contributed by atoms with Gasteiger partial charge in [-0.15, -0.1) is 0 Å². The largest absolute Gasteiger partial charge is 0.504 e. The minimum atomic E-state index is -1.25. The molecule has 2 heterocycles. The van der Waals surface area contributed by atoms with Gasteiger partial charge >= 0.3 is 5.97 Å². The topological polar surface area (TPSA) is 76.0 Å². The van der Waals surface area contributed by atoms with Gasteiger partial charge in [0.1, 0.15) is 17.1 Å². The van der Waals surface area contributed by atoms with Crippen LogP contribution >= 0.6 is 45.2 Å². The molecule has 0 radical (unpaired) electrons. The highest BCUT2D eigenvalue weighted by Gasteiger charge is 2.55. The lowest BCUT2D eigenvalue weighted by Crippen LogP contribution is -2.33. The Morgan fingerprint density at radius 3 is 2.00 bits per heavy atom. The van der Waals surface area contributed by atoms with E-state index < -0.39 is 17.3 Å². The number of carbonyl (C=O) groups is 1. The minimum Gasteiger partial charge on any atom is -0.504 e. The summed E-state index contributed by atoms with van der Waals surface area (Å²) in [6.07, 6.45) is 0. The molecule has 0 saturated heterocycles. The molecule has 0 atom stereocenters. The monoisotopic (exact) mass is 584 g/mol. The first-order chi connectivity index (χ1) is 12.9. The number of esters is 1. The van der Waals surface area contributed by atoms with E-state index in [1.807, 2.05) is 36.4 Å². The molecule has 3 aromatic rings. The zero-order chi connectivity index (χ0) is 18.9. The highest BCUT2D eigenvalue weighted by molar-refractivity contribution is 14.1. The Labute approximate surface area is 181 Å². The van der Waals surface area contributed by atoms with Crippen LogP contribution < -0.4 is 4.74 Å². The standard InChI is InChI=1S/C20H10I2O5/c21-12-5-1-3-10-17(12)26-18-11(4-2-6-13(18)22)20(10)9-7-8-14(23)16(24)15(9)19(25)27-20/h1-8,23-24H. The van der Waals surface area contributed by atoms with Crippen LogP contribution in [0.2, 0.25) is 0 Å². The molecule has 5 nitrogen and oxygen atoms in total. The number of halogens is 2. The predicted octanol–water partition coefficient (Wildman–Crippen LogP) is 4.88. The van der Waals surface area contributed by atoms with Crippen LogP contribution in [0.4, 0.5) is 0 Å². The summed E-state index contributed by atoms with van der Waals surface area (Å²) in [6, 6.07) is 14.3. The van der Waals surface area contributed by atoms with Crippen molar-refractivity contribution in [2.45, 2.75) is 5.60 Å². The number of phenols is 2. The van der Waals surface area contributed by atoms with Gasteiger partial charge in [0.2, 0.25) is 0 Å². The van der Waals surface area contributed by atoms with Gasteiger partial charge in [-0.05, 0) is 69.4 Å². The van der Waals surface area contributed by atoms with Crippen LogP contribution in [0.15, 0.2) is 48.5 Å². The maximum absolute atomic E-state index is 12.8. The molecule has 0 unspecified atom stereocenters. The molecular formula is C20H10I2O5. The number of aromatic hydroxyl groups is 2. The number of hydrogen-bond donors (Lipinski definition) is 2. The number of rotatable bonds is 0. The molecule has 0 fully saturated rings. The van der Waals surface area contributed by atoms with E-state index in [2.05, 4.69) is 45.2 Å². The highest BCUT2D eigenvalue weighted by Crippen LogP contribution is 2.59. The molecule has 2 aliphatic rings. The summed E-state index contributed by atoms with van der Waals surface area (Å²) in [5.41, 5.74) is 0.578. The van der Waals surface area contributed by atoms with E-state index in [4.69, 9.17) is 9.47 Å². The average Bonchev–Trinajstić information content (AvgIpc) is 2.94. The lowest BCUT2D eigenvalue weighted by Gasteiger charge is -2.37. The van der Waals surface area contributed by atoms with Crippen LogP contribution in [-0.4, -0.2) is 16.2 Å². The van der Waals surface area contributed by atoms with Gasteiger partial charge in [-0.3, -0.25) is 0 Å². The first kappa shape index (κ1) is 17.1. The fourth-order valence-electron chi connectivity index (χ4n) is 3.75. The van der Waals surface area contributed by atoms with Gasteiger partial charge in [-0.1, -0.05) is 24.3 Å². The molecule has 2 N–H and O–H groups in total. The molecule has 1 spiro atoms. The number of hydrogen-bond acceptors (Lipinski definition) is 5. The van der Waals surface area contributed by atoms with Gasteiger partial charge < -0.3 is 19.7 Å². The second-order valence-electron chi connectivity index (χ2n) is 6.26. The summed E-state index contributed by atoms with van der Waals surface area (Å²) in [7, 11) is 0. The van der Waals surface area contributed by atoms with Crippen molar-refractivity contribution in [2.24, 2.45) is 0 Å². The Kier molecular flexibility index (Phi) is 3.64. The minimum absolute atomic E-state index is 0.0217. The van der Waals surface area contributed by atoms with Crippen molar-refractivity contribution < 1.29 is 24.5 Å². The fourth-order valence-corrected chi connectivity index (χ4v) is 4.97. The van der Waals surface area contributed by atoms with Crippen LogP contribution in [0.3, 0.4) is 0 Å². The van der Waals surface area contributed by atoms with E-state index in [-0.39, 0.29) is 11.3 Å². The van der Waals surface area contributed by atoms with E-state index in [0.29, 0.717) is 28.2 Å². The Bertz CT molecular complexity index is 1100. The third kappa shape index (κ3) is 2.12. The van der Waals surface area contributed by atoms with E-state index in [0.717, 1.165) is 7.14 Å². The van der Waals surface area contributed by atoms with Crippen LogP contribution in [0.1, 0.15) is 27.0 Å². The average molecular weight is 584 g/mol. The first-order valence-electron chi connectivity index (χ1n) is 7.99. The predicted molar refractivity (Wildman–Crippen MR) is 113 cm³/mol. The van der Waals surface area contributed by atoms with Crippen LogP contribution in [0.25, 0.3) is 0 Å². The van der Waals surface area contributed by atoms with Gasteiger partial charge in [0, 0.05) is 16.7 Å². The van der Waals surface area contributed by atoms with E-state index in [1.54, 1.807) is 6.07 Å². The molecular weight excluding hydrogens is 574 g/mol. The molecule has 7 heteroatoms. The lowest BCUT2D eigenvalue weighted by atomic mass is 9.77. The van der Waals surface area contributed by atoms with E-state index in [1.165, 1.54) is 6.07 Å². The maximum Gasteiger partial charge on any atom is 0.344 e. The zero-order valence-electron chi connectivity index (χ0n) is 13.5. The number of fused-ring (bicyclic) bond motifs is 6. The Morgan fingerprint density at radius 2 is 1.41 bits per heavy atom. The van der Waals surface area contributed by atoms with Gasteiger partial charge in [0.05, 0.1) is 7.14 Å². The molecule has 0 saturated carbocycles. The van der Waals surface area contributed by atoms with Gasteiger partial charge in [0.25, 0.3) is 0 Å². The van der Waals surface area contributed by atoms with Crippen LogP contribution in [0.5, 0.6) is 23.0 Å². The van der Waals surface area contributed by atoms with Crippen molar-refractivity contribution in [3.05, 3.63) is 77.9 Å². The van der Waals surface area contributed by atoms with Gasteiger partial charge in [0.15, 0.2) is 17.1 Å². The second kappa shape index (κ2) is 5.74. The quantitative estimate of drug-likeness (QED) is 0.224. The Balaban J connectivity index is 1.96. The van der Waals surface area contributed by atoms with Crippen molar-refractivity contribution in [2.75, 3.05) is 0 Å². The summed E-state index contributed by atoms with van der Waals surface area (Å²) in [5, 5.41) is 20.2. The van der Waals surface area contributed by atoms with Crippen molar-refractivity contribution in [3.8, 4) is 23.0 Å². The number of ether oxygens (including phenoxy) is 2. The molecule has 0 aromatic heterocycles. The summed E-state index contributed by atoms with van der Waals surface area (Å²) in [4.78, 5) is 12.8. The first-order valence-corrected chi connectivity index (χ1v) is 10.2. The molecule has 0 aliphatic carbocycles. The van der Waals surface area contributed by atoms with Crippen molar-refractivity contribution >= 4 is 51.2 Å². The lowest BCUT2D eigenvalue weighted by molar-refractivity contribution is 0.0222. The maximum atomic E-state index is 12.8. The molecule has 134 valence electrons. The SMILES string of the molecule is O=C1OC2(c3cccc(I)c3Oc3c(I)cccc32)c2ccc(O)c(O)c21. The molecule has 0 amide bonds. The summed E-state index contributed by atoms with van der Waals surface area (Å²) >= 11 is 4.37. The number of phenolic OH excluding ortho intramolecular Hbond substituents is 2. The van der Waals surface area contributed by atoms with Crippen LogP contribution in [0, 0.1) is 7.14 Å².